The molecular formula is C19H18N2O6S. The predicted octanol–water partition coefficient (Wildman–Crippen LogP) is 1.92. The van der Waals surface area contributed by atoms with Crippen LogP contribution in [0.1, 0.15) is 10.4 Å². The number of nitrogens with zero attached hydrogens (tertiary/aromatic N) is 2. The van der Waals surface area contributed by atoms with Crippen LogP contribution >= 0.6 is 0 Å². The van der Waals surface area contributed by atoms with E-state index in [2.05, 4.69) is 0 Å². The van der Waals surface area contributed by atoms with E-state index in [1.165, 1.54) is 31.4 Å². The molecule has 0 N–H and O–H groups in total. The van der Waals surface area contributed by atoms with Crippen molar-refractivity contribution in [1.29, 1.82) is 0 Å². The number of carbonyl (C=O) groups is 1. The molecule has 0 aliphatic heterocycles. The fourth-order valence-corrected chi connectivity index (χ4v) is 3.66. The van der Waals surface area contributed by atoms with Crippen molar-refractivity contribution in [3.8, 4) is 11.5 Å². The number of hydrogen-bond donors (Lipinski definition) is 0. The van der Waals surface area contributed by atoms with Gasteiger partial charge in [0, 0.05) is 12.4 Å². The lowest BCUT2D eigenvalue weighted by molar-refractivity contribution is 0.0833. The summed E-state index contributed by atoms with van der Waals surface area (Å²) in [6, 6.07) is 12.6. The van der Waals surface area contributed by atoms with E-state index in [0.29, 0.717) is 20.0 Å². The van der Waals surface area contributed by atoms with E-state index in [4.69, 9.17) is 9.47 Å². The summed E-state index contributed by atoms with van der Waals surface area (Å²) < 4.78 is 36.9. The van der Waals surface area contributed by atoms with E-state index in [9.17, 15) is 18.0 Å². The molecule has 28 heavy (non-hydrogen) atoms. The number of rotatable bonds is 6. The average molecular weight is 402 g/mol. The van der Waals surface area contributed by atoms with Crippen molar-refractivity contribution in [1.82, 2.24) is 8.54 Å². The van der Waals surface area contributed by atoms with Crippen LogP contribution in [0.5, 0.6) is 11.5 Å². The first-order valence-electron chi connectivity index (χ1n) is 8.25. The van der Waals surface area contributed by atoms with Crippen LogP contribution in [0, 0.1) is 6.92 Å². The van der Waals surface area contributed by atoms with Crippen molar-refractivity contribution < 1.29 is 22.7 Å². The molecular weight excluding hydrogens is 384 g/mol. The molecule has 0 unspecified atom stereocenters. The van der Waals surface area contributed by atoms with Gasteiger partial charge in [0.15, 0.2) is 6.61 Å². The number of aryl methyl sites for hydroxylation is 1. The first kappa shape index (κ1) is 19.4. The van der Waals surface area contributed by atoms with Gasteiger partial charge in [0.1, 0.15) is 11.5 Å². The molecule has 0 aliphatic carbocycles. The zero-order valence-corrected chi connectivity index (χ0v) is 16.0. The molecule has 0 aliphatic rings. The lowest BCUT2D eigenvalue weighted by atomic mass is 10.2. The molecule has 1 aromatic heterocycles. The van der Waals surface area contributed by atoms with Crippen molar-refractivity contribution >= 4 is 15.9 Å². The maximum absolute atomic E-state index is 12.7. The van der Waals surface area contributed by atoms with E-state index in [1.54, 1.807) is 12.1 Å². The van der Waals surface area contributed by atoms with Gasteiger partial charge < -0.3 is 9.47 Å². The Hall–Kier alpha value is -3.33. The van der Waals surface area contributed by atoms with Crippen molar-refractivity contribution in [2.45, 2.75) is 11.8 Å². The fraction of sp³-hybridized carbons (Fsp3) is 0.158. The third-order valence-corrected chi connectivity index (χ3v) is 5.68. The average Bonchev–Trinajstić information content (AvgIpc) is 3.09. The SMILES string of the molecule is COc1ccc(S(=O)(=O)n2ccn(C(=O)COc3ccc(C)cc3)c2=O)cc1. The number of carbonyl (C=O) groups excluding carboxylic acids is 1. The van der Waals surface area contributed by atoms with E-state index < -0.39 is 28.2 Å². The largest absolute Gasteiger partial charge is 0.497 e. The molecule has 0 saturated carbocycles. The van der Waals surface area contributed by atoms with Crippen molar-refractivity contribution in [2.24, 2.45) is 0 Å². The van der Waals surface area contributed by atoms with Gasteiger partial charge in [0.2, 0.25) is 0 Å². The standard InChI is InChI=1S/C19H18N2O6S/c1-14-3-5-16(6-4-14)27-13-18(22)20-11-12-21(19(20)23)28(24,25)17-9-7-15(26-2)8-10-17/h3-12H,13H2,1-2H3. The smallest absolute Gasteiger partial charge is 0.349 e. The second-order valence-corrected chi connectivity index (χ2v) is 7.74. The summed E-state index contributed by atoms with van der Waals surface area (Å²) in [6.45, 7) is 1.51. The lowest BCUT2D eigenvalue weighted by Crippen LogP contribution is -2.34. The van der Waals surface area contributed by atoms with Crippen molar-refractivity contribution in [3.05, 3.63) is 77.0 Å². The Labute approximate surface area is 161 Å². The van der Waals surface area contributed by atoms with Crippen LogP contribution in [0.15, 0.2) is 70.6 Å². The van der Waals surface area contributed by atoms with Crippen LogP contribution in [0.25, 0.3) is 0 Å². The predicted molar refractivity (Wildman–Crippen MR) is 102 cm³/mol. The van der Waals surface area contributed by atoms with E-state index in [-0.39, 0.29) is 4.90 Å². The Morgan fingerprint density at radius 2 is 1.57 bits per heavy atom. The van der Waals surface area contributed by atoms with Gasteiger partial charge in [-0.25, -0.2) is 17.8 Å². The maximum Gasteiger partial charge on any atom is 0.349 e. The normalized spacial score (nSPS) is 11.2. The summed E-state index contributed by atoms with van der Waals surface area (Å²) in [5.41, 5.74) is 0.0454. The van der Waals surface area contributed by atoms with Gasteiger partial charge in [0.25, 0.3) is 15.9 Å². The first-order chi connectivity index (χ1) is 13.3. The monoisotopic (exact) mass is 402 g/mol. The molecule has 2 aromatic carbocycles. The molecule has 1 heterocycles. The molecule has 0 amide bonds. The topological polar surface area (TPSA) is 96.6 Å². The van der Waals surface area contributed by atoms with Crippen LogP contribution in [0.3, 0.4) is 0 Å². The highest BCUT2D eigenvalue weighted by molar-refractivity contribution is 7.90. The fourth-order valence-electron chi connectivity index (χ4n) is 2.44. The van der Waals surface area contributed by atoms with Gasteiger partial charge in [0.05, 0.1) is 12.0 Å². The molecule has 3 aromatic rings. The van der Waals surface area contributed by atoms with Crippen LogP contribution in [-0.2, 0) is 10.0 Å². The second-order valence-electron chi connectivity index (χ2n) is 5.92. The van der Waals surface area contributed by atoms with Crippen LogP contribution in [0.4, 0.5) is 0 Å². The summed E-state index contributed by atoms with van der Waals surface area (Å²) in [7, 11) is -2.69. The quantitative estimate of drug-likeness (QED) is 0.625. The summed E-state index contributed by atoms with van der Waals surface area (Å²) in [6.07, 6.45) is 2.13. The number of ether oxygens (including phenoxy) is 2. The highest BCUT2D eigenvalue weighted by Gasteiger charge is 2.22. The molecule has 0 radical (unpaired) electrons. The molecule has 0 spiro atoms. The summed E-state index contributed by atoms with van der Waals surface area (Å²) in [5.74, 6) is 0.263. The molecule has 9 heteroatoms. The third-order valence-electron chi connectivity index (χ3n) is 4.01. The maximum atomic E-state index is 12.7. The zero-order valence-electron chi connectivity index (χ0n) is 15.2. The number of hydrogen-bond acceptors (Lipinski definition) is 6. The number of methoxy groups -OCH3 is 1. The van der Waals surface area contributed by atoms with E-state index >= 15 is 0 Å². The second kappa shape index (κ2) is 7.73. The Morgan fingerprint density at radius 1 is 0.964 bits per heavy atom. The summed E-state index contributed by atoms with van der Waals surface area (Å²) in [4.78, 5) is 24.6. The molecule has 8 nitrogen and oxygen atoms in total. The third kappa shape index (κ3) is 3.84. The first-order valence-corrected chi connectivity index (χ1v) is 9.69. The highest BCUT2D eigenvalue weighted by atomic mass is 32.2. The van der Waals surface area contributed by atoms with Crippen LogP contribution in [-0.4, -0.2) is 36.6 Å². The Kier molecular flexibility index (Phi) is 5.36. The Morgan fingerprint density at radius 3 is 2.18 bits per heavy atom. The van der Waals surface area contributed by atoms with Crippen molar-refractivity contribution in [3.63, 3.8) is 0 Å². The van der Waals surface area contributed by atoms with E-state index in [0.717, 1.165) is 18.0 Å². The Balaban J connectivity index is 1.81. The lowest BCUT2D eigenvalue weighted by Gasteiger charge is -2.07. The number of imidazole rings is 1. The molecule has 0 saturated heterocycles. The molecule has 0 atom stereocenters. The Bertz CT molecular complexity index is 1140. The molecule has 0 fully saturated rings. The van der Waals surface area contributed by atoms with Gasteiger partial charge in [-0.3, -0.25) is 4.79 Å². The number of benzene rings is 2. The van der Waals surface area contributed by atoms with Crippen LogP contribution < -0.4 is 15.2 Å². The number of aromatic nitrogens is 2. The highest BCUT2D eigenvalue weighted by Crippen LogP contribution is 2.17. The zero-order chi connectivity index (χ0) is 20.3. The van der Waals surface area contributed by atoms with Gasteiger partial charge in [-0.2, -0.15) is 3.97 Å². The van der Waals surface area contributed by atoms with Gasteiger partial charge >= 0.3 is 5.69 Å². The summed E-state index contributed by atoms with van der Waals surface area (Å²) >= 11 is 0. The van der Waals surface area contributed by atoms with Crippen molar-refractivity contribution in [2.75, 3.05) is 13.7 Å². The van der Waals surface area contributed by atoms with E-state index in [1.807, 2.05) is 19.1 Å². The minimum atomic E-state index is -4.14. The van der Waals surface area contributed by atoms with Gasteiger partial charge in [-0.05, 0) is 43.3 Å². The molecule has 3 rings (SSSR count). The van der Waals surface area contributed by atoms with Gasteiger partial charge in [-0.15, -0.1) is 0 Å². The van der Waals surface area contributed by atoms with Gasteiger partial charge in [-0.1, -0.05) is 17.7 Å². The summed E-state index contributed by atoms with van der Waals surface area (Å²) in [5, 5.41) is 0. The van der Waals surface area contributed by atoms with Crippen LogP contribution in [0.2, 0.25) is 0 Å². The molecule has 146 valence electrons. The minimum absolute atomic E-state index is 0.100. The molecule has 0 bridgehead atoms. The minimum Gasteiger partial charge on any atom is -0.497 e.